The van der Waals surface area contributed by atoms with Gasteiger partial charge in [0.25, 0.3) is 5.56 Å². The number of aromatic amines is 1. The number of rotatable bonds is 9. The number of ether oxygens (including phenoxy) is 2. The third-order valence-corrected chi connectivity index (χ3v) is 5.34. The maximum atomic E-state index is 12.1. The molecule has 0 aliphatic heterocycles. The Kier molecular flexibility index (Phi) is 7.01. The van der Waals surface area contributed by atoms with Crippen LogP contribution in [-0.4, -0.2) is 17.6 Å². The standard InChI is InChI=1S/C25H33NO4/c1-5-29-23(27)13-22(18-9-10-18)19-8-6-7-17(11-19)16-30-21-12-20(14-25(2,3)4)24(28)26-15-21/h6-8,11-12,15,18,22H,5,9-10,13-14,16H2,1-4H3,(H,26,28). The Bertz CT molecular complexity index is 921. The summed E-state index contributed by atoms with van der Waals surface area (Å²) in [6, 6.07) is 10.1. The Hall–Kier alpha value is -2.56. The molecular weight excluding hydrogens is 378 g/mol. The predicted molar refractivity (Wildman–Crippen MR) is 118 cm³/mol. The maximum absolute atomic E-state index is 12.1. The molecule has 0 radical (unpaired) electrons. The first-order valence-electron chi connectivity index (χ1n) is 10.8. The lowest BCUT2D eigenvalue weighted by Crippen LogP contribution is -2.19. The minimum Gasteiger partial charge on any atom is -0.487 e. The van der Waals surface area contributed by atoms with Gasteiger partial charge in [0.05, 0.1) is 13.0 Å². The summed E-state index contributed by atoms with van der Waals surface area (Å²) in [7, 11) is 0. The van der Waals surface area contributed by atoms with Crippen molar-refractivity contribution < 1.29 is 14.3 Å². The van der Waals surface area contributed by atoms with Crippen LogP contribution >= 0.6 is 0 Å². The molecule has 1 aromatic heterocycles. The van der Waals surface area contributed by atoms with Crippen LogP contribution in [0.25, 0.3) is 0 Å². The van der Waals surface area contributed by atoms with Crippen molar-refractivity contribution in [1.82, 2.24) is 4.98 Å². The minimum absolute atomic E-state index is 0.0245. The second-order valence-corrected chi connectivity index (χ2v) is 9.41. The van der Waals surface area contributed by atoms with Crippen molar-refractivity contribution in [1.29, 1.82) is 0 Å². The van der Waals surface area contributed by atoms with Crippen LogP contribution in [0.5, 0.6) is 5.75 Å². The lowest BCUT2D eigenvalue weighted by Gasteiger charge is -2.18. The molecule has 0 bridgehead atoms. The molecule has 1 heterocycles. The summed E-state index contributed by atoms with van der Waals surface area (Å²) in [5, 5.41) is 0. The Labute approximate surface area is 178 Å². The molecule has 162 valence electrons. The number of H-pyrrole nitrogens is 1. The summed E-state index contributed by atoms with van der Waals surface area (Å²) in [5.41, 5.74) is 2.91. The van der Waals surface area contributed by atoms with Gasteiger partial charge in [-0.25, -0.2) is 0 Å². The molecule has 1 N–H and O–H groups in total. The van der Waals surface area contributed by atoms with Crippen LogP contribution in [0.3, 0.4) is 0 Å². The summed E-state index contributed by atoms with van der Waals surface area (Å²) in [5.74, 6) is 1.29. The summed E-state index contributed by atoms with van der Waals surface area (Å²) < 4.78 is 11.1. The normalized spacial score (nSPS) is 14.9. The van der Waals surface area contributed by atoms with E-state index in [1.807, 2.05) is 25.1 Å². The van der Waals surface area contributed by atoms with Crippen LogP contribution < -0.4 is 10.3 Å². The van der Waals surface area contributed by atoms with E-state index in [0.29, 0.717) is 37.7 Å². The number of carbonyl (C=O) groups is 1. The van der Waals surface area contributed by atoms with Crippen molar-refractivity contribution in [3.05, 3.63) is 63.6 Å². The lowest BCUT2D eigenvalue weighted by atomic mass is 9.89. The average molecular weight is 412 g/mol. The molecule has 5 nitrogen and oxygen atoms in total. The third-order valence-electron chi connectivity index (χ3n) is 5.34. The van der Waals surface area contributed by atoms with Gasteiger partial charge < -0.3 is 14.5 Å². The van der Waals surface area contributed by atoms with E-state index in [1.165, 1.54) is 18.4 Å². The fourth-order valence-corrected chi connectivity index (χ4v) is 3.83. The van der Waals surface area contributed by atoms with Crippen molar-refractivity contribution >= 4 is 5.97 Å². The second-order valence-electron chi connectivity index (χ2n) is 9.41. The summed E-state index contributed by atoms with van der Waals surface area (Å²) in [6.07, 6.45) is 5.06. The summed E-state index contributed by atoms with van der Waals surface area (Å²) in [4.78, 5) is 26.9. The molecule has 2 aromatic rings. The predicted octanol–water partition coefficient (Wildman–Crippen LogP) is 4.99. The van der Waals surface area contributed by atoms with Crippen molar-refractivity contribution in [2.45, 2.75) is 65.9 Å². The van der Waals surface area contributed by atoms with Crippen LogP contribution in [0.15, 0.2) is 41.3 Å². The lowest BCUT2D eigenvalue weighted by molar-refractivity contribution is -0.143. The van der Waals surface area contributed by atoms with Gasteiger partial charge in [-0.05, 0) is 60.6 Å². The van der Waals surface area contributed by atoms with E-state index in [9.17, 15) is 9.59 Å². The van der Waals surface area contributed by atoms with Gasteiger partial charge in [0.2, 0.25) is 0 Å². The SMILES string of the molecule is CCOC(=O)CC(c1cccc(COc2c[nH]c(=O)c(CC(C)(C)C)c2)c1)C1CC1. The van der Waals surface area contributed by atoms with E-state index in [1.54, 1.807) is 6.20 Å². The first-order valence-corrected chi connectivity index (χ1v) is 10.8. The number of nitrogens with one attached hydrogen (secondary N) is 1. The Balaban J connectivity index is 1.69. The fourth-order valence-electron chi connectivity index (χ4n) is 3.83. The second kappa shape index (κ2) is 9.50. The van der Waals surface area contributed by atoms with Crippen molar-refractivity contribution in [3.63, 3.8) is 0 Å². The highest BCUT2D eigenvalue weighted by Crippen LogP contribution is 2.44. The van der Waals surface area contributed by atoms with Crippen LogP contribution in [0.2, 0.25) is 0 Å². The van der Waals surface area contributed by atoms with E-state index >= 15 is 0 Å². The van der Waals surface area contributed by atoms with E-state index in [-0.39, 0.29) is 22.9 Å². The van der Waals surface area contributed by atoms with Gasteiger partial charge in [-0.15, -0.1) is 0 Å². The number of benzene rings is 1. The molecule has 1 aliphatic carbocycles. The molecule has 5 heteroatoms. The molecule has 1 atom stereocenters. The number of esters is 1. The fraction of sp³-hybridized carbons (Fsp3) is 0.520. The molecule has 30 heavy (non-hydrogen) atoms. The number of hydrogen-bond acceptors (Lipinski definition) is 4. The monoisotopic (exact) mass is 411 g/mol. The van der Waals surface area contributed by atoms with E-state index in [2.05, 4.69) is 37.9 Å². The molecule has 1 aromatic carbocycles. The van der Waals surface area contributed by atoms with Crippen LogP contribution in [0.4, 0.5) is 0 Å². The van der Waals surface area contributed by atoms with Crippen molar-refractivity contribution in [2.75, 3.05) is 6.61 Å². The number of pyridine rings is 1. The van der Waals surface area contributed by atoms with Gasteiger partial charge in [0.15, 0.2) is 0 Å². The first kappa shape index (κ1) is 22.1. The molecule has 0 spiro atoms. The average Bonchev–Trinajstić information content (AvgIpc) is 3.51. The van der Waals surface area contributed by atoms with E-state index in [0.717, 1.165) is 11.1 Å². The first-order chi connectivity index (χ1) is 14.2. The topological polar surface area (TPSA) is 68.4 Å². The zero-order valence-electron chi connectivity index (χ0n) is 18.5. The van der Waals surface area contributed by atoms with Crippen molar-refractivity contribution in [3.8, 4) is 5.75 Å². The van der Waals surface area contributed by atoms with Crippen LogP contribution in [0.1, 0.15) is 69.6 Å². The molecule has 1 saturated carbocycles. The Morgan fingerprint density at radius 1 is 1.23 bits per heavy atom. The zero-order chi connectivity index (χ0) is 21.7. The molecule has 1 aliphatic rings. The number of carbonyl (C=O) groups excluding carboxylic acids is 1. The van der Waals surface area contributed by atoms with Crippen LogP contribution in [-0.2, 0) is 22.6 Å². The number of aromatic nitrogens is 1. The van der Waals surface area contributed by atoms with Gasteiger partial charge >= 0.3 is 5.97 Å². The molecule has 1 unspecified atom stereocenters. The largest absolute Gasteiger partial charge is 0.487 e. The third kappa shape index (κ3) is 6.48. The molecular formula is C25H33NO4. The van der Waals surface area contributed by atoms with Gasteiger partial charge in [-0.2, -0.15) is 0 Å². The smallest absolute Gasteiger partial charge is 0.306 e. The van der Waals surface area contributed by atoms with Gasteiger partial charge in [0, 0.05) is 11.8 Å². The molecule has 0 saturated heterocycles. The van der Waals surface area contributed by atoms with E-state index < -0.39 is 0 Å². The van der Waals surface area contributed by atoms with Crippen molar-refractivity contribution in [2.24, 2.45) is 11.3 Å². The number of hydrogen-bond donors (Lipinski definition) is 1. The van der Waals surface area contributed by atoms with Crippen LogP contribution in [0, 0.1) is 11.3 Å². The van der Waals surface area contributed by atoms with Gasteiger partial charge in [-0.1, -0.05) is 45.0 Å². The highest BCUT2D eigenvalue weighted by atomic mass is 16.5. The molecule has 0 amide bonds. The Morgan fingerprint density at radius 3 is 2.67 bits per heavy atom. The summed E-state index contributed by atoms with van der Waals surface area (Å²) in [6.45, 7) is 8.99. The van der Waals surface area contributed by atoms with E-state index in [4.69, 9.17) is 9.47 Å². The Morgan fingerprint density at radius 2 is 2.00 bits per heavy atom. The maximum Gasteiger partial charge on any atom is 0.306 e. The zero-order valence-corrected chi connectivity index (χ0v) is 18.5. The van der Waals surface area contributed by atoms with Gasteiger partial charge in [-0.3, -0.25) is 9.59 Å². The summed E-state index contributed by atoms with van der Waals surface area (Å²) >= 11 is 0. The highest BCUT2D eigenvalue weighted by Gasteiger charge is 2.34. The highest BCUT2D eigenvalue weighted by molar-refractivity contribution is 5.70. The quantitative estimate of drug-likeness (QED) is 0.590. The minimum atomic E-state index is -0.129. The molecule has 3 rings (SSSR count). The van der Waals surface area contributed by atoms with Gasteiger partial charge in [0.1, 0.15) is 12.4 Å². The molecule has 1 fully saturated rings.